The molecule has 3 rings (SSSR count). The van der Waals surface area contributed by atoms with Gasteiger partial charge in [0.05, 0.1) is 24.2 Å². The van der Waals surface area contributed by atoms with Crippen molar-refractivity contribution in [3.63, 3.8) is 0 Å². The van der Waals surface area contributed by atoms with Gasteiger partial charge in [0.15, 0.2) is 6.23 Å². The number of ether oxygens (including phenoxy) is 1. The number of rotatable bonds is 6. The van der Waals surface area contributed by atoms with Gasteiger partial charge in [0, 0.05) is 5.56 Å². The summed E-state index contributed by atoms with van der Waals surface area (Å²) < 4.78 is 29.0. The molecule has 1 aliphatic rings. The maximum absolute atomic E-state index is 12.2. The molecule has 1 aromatic heterocycles. The number of hydrogen-bond donors (Lipinski definition) is 6. The monoisotopic (exact) mass is 443 g/mol. The number of primary sulfonamides is 1. The molecule has 5 atom stereocenters. The Morgan fingerprint density at radius 1 is 1.17 bits per heavy atom. The van der Waals surface area contributed by atoms with E-state index >= 15 is 0 Å². The Morgan fingerprint density at radius 2 is 1.83 bits per heavy atom. The van der Waals surface area contributed by atoms with Crippen molar-refractivity contribution in [2.24, 2.45) is 5.14 Å². The van der Waals surface area contributed by atoms with Gasteiger partial charge in [-0.3, -0.25) is 4.79 Å². The molecule has 0 spiro atoms. The van der Waals surface area contributed by atoms with Crippen LogP contribution in [0.3, 0.4) is 0 Å². The van der Waals surface area contributed by atoms with E-state index in [1.54, 1.807) is 0 Å². The zero-order chi connectivity index (χ0) is 22.1. The molecule has 164 valence electrons. The van der Waals surface area contributed by atoms with E-state index in [0.29, 0.717) is 5.69 Å². The van der Waals surface area contributed by atoms with Gasteiger partial charge in [0.25, 0.3) is 5.91 Å². The minimum atomic E-state index is -3.86. The predicted octanol–water partition coefficient (Wildman–Crippen LogP) is -3.17. The summed E-state index contributed by atoms with van der Waals surface area (Å²) in [6, 6.07) is 5.03. The van der Waals surface area contributed by atoms with Gasteiger partial charge >= 0.3 is 0 Å². The van der Waals surface area contributed by atoms with Crippen LogP contribution >= 0.6 is 0 Å². The summed E-state index contributed by atoms with van der Waals surface area (Å²) in [6.07, 6.45) is -5.52. The van der Waals surface area contributed by atoms with Crippen LogP contribution in [0.5, 0.6) is 0 Å². The van der Waals surface area contributed by atoms with Crippen LogP contribution < -0.4 is 10.5 Å². The third kappa shape index (κ3) is 4.65. The third-order valence-corrected chi connectivity index (χ3v) is 5.49. The zero-order valence-corrected chi connectivity index (χ0v) is 16.3. The fourth-order valence-corrected chi connectivity index (χ4v) is 3.40. The molecule has 0 bridgehead atoms. The molecule has 1 aliphatic heterocycles. The van der Waals surface area contributed by atoms with Gasteiger partial charge in [0.2, 0.25) is 10.0 Å². The van der Waals surface area contributed by atoms with Gasteiger partial charge in [0.1, 0.15) is 30.1 Å². The predicted molar refractivity (Wildman–Crippen MR) is 98.0 cm³/mol. The maximum Gasteiger partial charge on any atom is 0.251 e. The highest BCUT2D eigenvalue weighted by Gasteiger charge is 2.44. The second-order valence-electron chi connectivity index (χ2n) is 6.66. The van der Waals surface area contributed by atoms with Gasteiger partial charge in [-0.05, 0) is 24.3 Å². The number of aliphatic hydroxyl groups excluding tert-OH is 4. The highest BCUT2D eigenvalue weighted by molar-refractivity contribution is 7.89. The lowest BCUT2D eigenvalue weighted by atomic mass is 9.98. The number of aliphatic hydroxyl groups is 4. The van der Waals surface area contributed by atoms with Crippen LogP contribution in [-0.2, 0) is 21.3 Å². The van der Waals surface area contributed by atoms with E-state index in [1.165, 1.54) is 30.5 Å². The number of nitrogens with zero attached hydrogens (tertiary/aromatic N) is 3. The normalized spacial score (nSPS) is 27.0. The first-order valence-corrected chi connectivity index (χ1v) is 10.3. The van der Waals surface area contributed by atoms with Gasteiger partial charge in [-0.15, -0.1) is 5.10 Å². The lowest BCUT2D eigenvalue weighted by Crippen LogP contribution is -2.56. The molecule has 13 nitrogen and oxygen atoms in total. The molecule has 7 N–H and O–H groups in total. The summed E-state index contributed by atoms with van der Waals surface area (Å²) in [5.74, 6) is -0.502. The standard InChI is InChI=1S/C16H21N5O8S/c17-30(27,28)10-3-1-8(2-4-10)15(26)18-5-9-6-21(20-19-9)16-14(25)13(24)12(23)11(7-22)29-16/h1-4,6,11-14,16,22-25H,5,7H2,(H,18,26)(H2,17,27,28)/t11-,12-,13+,14-,16-/m1/s1. The second-order valence-corrected chi connectivity index (χ2v) is 8.22. The number of carbonyl (C=O) groups is 1. The SMILES string of the molecule is NS(=O)(=O)c1ccc(C(=O)NCc2cn([C@@H]3O[C@H](CO)[C@@H](O)[C@H](O)[C@H]3O)nn2)cc1. The summed E-state index contributed by atoms with van der Waals surface area (Å²) in [4.78, 5) is 12.1. The Labute approximate surface area is 170 Å². The van der Waals surface area contributed by atoms with Gasteiger partial charge in [-0.1, -0.05) is 5.21 Å². The van der Waals surface area contributed by atoms with Crippen molar-refractivity contribution in [3.8, 4) is 0 Å². The Bertz CT molecular complexity index is 993. The lowest BCUT2D eigenvalue weighted by Gasteiger charge is -2.39. The zero-order valence-electron chi connectivity index (χ0n) is 15.4. The Hall–Kier alpha value is -2.46. The van der Waals surface area contributed by atoms with Crippen molar-refractivity contribution >= 4 is 15.9 Å². The average molecular weight is 443 g/mol. The summed E-state index contributed by atoms with van der Waals surface area (Å²) in [5.41, 5.74) is 0.491. The van der Waals surface area contributed by atoms with Crippen LogP contribution in [0.1, 0.15) is 22.3 Å². The minimum Gasteiger partial charge on any atom is -0.394 e. The van der Waals surface area contributed by atoms with Crippen molar-refractivity contribution in [1.29, 1.82) is 0 Å². The Kier molecular flexibility index (Phi) is 6.47. The minimum absolute atomic E-state index is 0.0484. The highest BCUT2D eigenvalue weighted by atomic mass is 32.2. The number of amides is 1. The van der Waals surface area contributed by atoms with Crippen molar-refractivity contribution in [3.05, 3.63) is 41.7 Å². The van der Waals surface area contributed by atoms with Gasteiger partial charge in [-0.2, -0.15) is 0 Å². The van der Waals surface area contributed by atoms with Crippen LogP contribution in [-0.4, -0.2) is 80.8 Å². The van der Waals surface area contributed by atoms with Crippen molar-refractivity contribution in [2.45, 2.75) is 42.1 Å². The van der Waals surface area contributed by atoms with Crippen LogP contribution in [0.15, 0.2) is 35.4 Å². The number of nitrogens with one attached hydrogen (secondary N) is 1. The van der Waals surface area contributed by atoms with Crippen LogP contribution in [0.25, 0.3) is 0 Å². The van der Waals surface area contributed by atoms with Crippen LogP contribution in [0, 0.1) is 0 Å². The van der Waals surface area contributed by atoms with E-state index in [2.05, 4.69) is 15.6 Å². The third-order valence-electron chi connectivity index (χ3n) is 4.56. The van der Waals surface area contributed by atoms with Gasteiger partial charge in [-0.25, -0.2) is 18.2 Å². The van der Waals surface area contributed by atoms with E-state index in [0.717, 1.165) is 4.68 Å². The van der Waals surface area contributed by atoms with Crippen LogP contribution in [0.2, 0.25) is 0 Å². The molecular formula is C16H21N5O8S. The average Bonchev–Trinajstić information content (AvgIpc) is 3.19. The molecule has 2 heterocycles. The fourth-order valence-electron chi connectivity index (χ4n) is 2.89. The first-order valence-electron chi connectivity index (χ1n) is 8.74. The molecule has 1 saturated heterocycles. The molecule has 0 radical (unpaired) electrons. The number of nitrogens with two attached hydrogens (primary N) is 1. The van der Waals surface area contributed by atoms with E-state index in [4.69, 9.17) is 9.88 Å². The molecule has 1 amide bonds. The Morgan fingerprint density at radius 3 is 2.43 bits per heavy atom. The van der Waals surface area contributed by atoms with E-state index in [9.17, 15) is 33.6 Å². The Balaban J connectivity index is 1.63. The first kappa shape index (κ1) is 22.2. The molecular weight excluding hydrogens is 422 g/mol. The highest BCUT2D eigenvalue weighted by Crippen LogP contribution is 2.27. The molecule has 1 aromatic carbocycles. The summed E-state index contributed by atoms with van der Waals surface area (Å²) in [7, 11) is -3.86. The molecule has 2 aromatic rings. The number of aromatic nitrogens is 3. The van der Waals surface area contributed by atoms with Crippen molar-refractivity contribution in [1.82, 2.24) is 20.3 Å². The topological polar surface area (TPSA) is 210 Å². The lowest BCUT2D eigenvalue weighted by molar-refractivity contribution is -0.254. The number of hydrogen-bond acceptors (Lipinski definition) is 10. The smallest absolute Gasteiger partial charge is 0.251 e. The largest absolute Gasteiger partial charge is 0.394 e. The van der Waals surface area contributed by atoms with Gasteiger partial charge < -0.3 is 30.5 Å². The summed E-state index contributed by atoms with van der Waals surface area (Å²) in [6.45, 7) is -0.628. The quantitative estimate of drug-likeness (QED) is 0.264. The molecule has 14 heteroatoms. The van der Waals surface area contributed by atoms with E-state index in [1.807, 2.05) is 0 Å². The number of sulfonamides is 1. The second kappa shape index (κ2) is 8.73. The number of carbonyl (C=O) groups excluding carboxylic acids is 1. The summed E-state index contributed by atoms with van der Waals surface area (Å²) in [5, 5.41) is 54.2. The molecule has 0 unspecified atom stereocenters. The van der Waals surface area contributed by atoms with E-state index in [-0.39, 0.29) is 17.0 Å². The summed E-state index contributed by atoms with van der Waals surface area (Å²) >= 11 is 0. The molecule has 0 aliphatic carbocycles. The fraction of sp³-hybridized carbons (Fsp3) is 0.438. The van der Waals surface area contributed by atoms with E-state index < -0.39 is 53.2 Å². The molecule has 1 fully saturated rings. The number of benzene rings is 1. The maximum atomic E-state index is 12.2. The first-order chi connectivity index (χ1) is 14.1. The van der Waals surface area contributed by atoms with Crippen LogP contribution in [0.4, 0.5) is 0 Å². The van der Waals surface area contributed by atoms with Crippen molar-refractivity contribution in [2.75, 3.05) is 6.61 Å². The molecule has 30 heavy (non-hydrogen) atoms. The van der Waals surface area contributed by atoms with Crippen molar-refractivity contribution < 1.29 is 38.4 Å². The molecule has 0 saturated carbocycles.